The summed E-state index contributed by atoms with van der Waals surface area (Å²) in [5.74, 6) is 0.767. The number of ether oxygens (including phenoxy) is 2. The first kappa shape index (κ1) is 14.2. The highest BCUT2D eigenvalue weighted by Gasteiger charge is 2.17. The van der Waals surface area contributed by atoms with E-state index in [1.807, 2.05) is 19.1 Å². The fourth-order valence-corrected chi connectivity index (χ4v) is 1.77. The predicted octanol–water partition coefficient (Wildman–Crippen LogP) is 1.78. The van der Waals surface area contributed by atoms with E-state index in [4.69, 9.17) is 21.7 Å². The SMILES string of the molecule is C/C(=N\NC(=S)S)c1cc(OC2CCOC2)ccn1. The smallest absolute Gasteiger partial charge is 0.150 e. The van der Waals surface area contributed by atoms with E-state index >= 15 is 0 Å². The molecule has 1 aromatic heterocycles. The maximum atomic E-state index is 5.81. The van der Waals surface area contributed by atoms with Crippen molar-refractivity contribution in [3.05, 3.63) is 24.0 Å². The Morgan fingerprint density at radius 2 is 2.53 bits per heavy atom. The van der Waals surface area contributed by atoms with Crippen LogP contribution in [0.15, 0.2) is 23.4 Å². The van der Waals surface area contributed by atoms with Gasteiger partial charge in [-0.05, 0) is 13.0 Å². The third kappa shape index (κ3) is 4.45. The van der Waals surface area contributed by atoms with Crippen LogP contribution in [0.4, 0.5) is 0 Å². The highest BCUT2D eigenvalue weighted by Crippen LogP contribution is 2.17. The van der Waals surface area contributed by atoms with E-state index in [0.717, 1.165) is 24.5 Å². The molecule has 1 aromatic rings. The van der Waals surface area contributed by atoms with E-state index in [9.17, 15) is 0 Å². The molecule has 1 fully saturated rings. The Kier molecular flexibility index (Phi) is 5.12. The lowest BCUT2D eigenvalue weighted by atomic mass is 10.2. The molecular formula is C12H15N3O2S2. The molecule has 0 saturated carbocycles. The van der Waals surface area contributed by atoms with E-state index in [0.29, 0.717) is 16.6 Å². The molecule has 0 aliphatic carbocycles. The van der Waals surface area contributed by atoms with Crippen LogP contribution >= 0.6 is 24.8 Å². The van der Waals surface area contributed by atoms with Gasteiger partial charge in [0.05, 0.1) is 24.6 Å². The van der Waals surface area contributed by atoms with Crippen molar-refractivity contribution < 1.29 is 9.47 Å². The zero-order chi connectivity index (χ0) is 13.7. The van der Waals surface area contributed by atoms with Crippen molar-refractivity contribution in [2.75, 3.05) is 13.2 Å². The predicted molar refractivity (Wildman–Crippen MR) is 81.0 cm³/mol. The van der Waals surface area contributed by atoms with Crippen LogP contribution in [0, 0.1) is 0 Å². The summed E-state index contributed by atoms with van der Waals surface area (Å²) in [5.41, 5.74) is 4.06. The van der Waals surface area contributed by atoms with E-state index in [1.54, 1.807) is 6.20 Å². The maximum Gasteiger partial charge on any atom is 0.150 e. The molecule has 1 saturated heterocycles. The number of rotatable bonds is 4. The van der Waals surface area contributed by atoms with Gasteiger partial charge in [0.2, 0.25) is 0 Å². The van der Waals surface area contributed by atoms with Gasteiger partial charge in [0, 0.05) is 18.7 Å². The highest BCUT2D eigenvalue weighted by atomic mass is 32.1. The molecule has 1 atom stereocenters. The second-order valence-electron chi connectivity index (χ2n) is 4.09. The molecule has 0 spiro atoms. The molecule has 5 nitrogen and oxygen atoms in total. The maximum absolute atomic E-state index is 5.81. The molecule has 2 heterocycles. The van der Waals surface area contributed by atoms with Crippen molar-refractivity contribution in [1.82, 2.24) is 10.4 Å². The third-order valence-corrected chi connectivity index (χ3v) is 2.80. The minimum Gasteiger partial charge on any atom is -0.488 e. The Morgan fingerprint density at radius 3 is 3.21 bits per heavy atom. The van der Waals surface area contributed by atoms with Gasteiger partial charge in [-0.25, -0.2) is 0 Å². The van der Waals surface area contributed by atoms with Crippen LogP contribution in [-0.4, -0.2) is 34.3 Å². The Morgan fingerprint density at radius 1 is 1.68 bits per heavy atom. The fraction of sp³-hybridized carbons (Fsp3) is 0.417. The molecule has 0 bridgehead atoms. The van der Waals surface area contributed by atoms with Crippen LogP contribution < -0.4 is 10.2 Å². The van der Waals surface area contributed by atoms with E-state index in [2.05, 4.69) is 28.1 Å². The lowest BCUT2D eigenvalue weighted by Crippen LogP contribution is -2.16. The number of aromatic nitrogens is 1. The normalized spacial score (nSPS) is 19.3. The topological polar surface area (TPSA) is 55.7 Å². The van der Waals surface area contributed by atoms with Gasteiger partial charge in [-0.1, -0.05) is 12.2 Å². The average Bonchev–Trinajstić information content (AvgIpc) is 2.89. The minimum atomic E-state index is 0.121. The van der Waals surface area contributed by atoms with Crippen molar-refractivity contribution >= 4 is 34.9 Å². The molecular weight excluding hydrogens is 282 g/mol. The summed E-state index contributed by atoms with van der Waals surface area (Å²) in [6, 6.07) is 3.67. The number of thiol groups is 1. The van der Waals surface area contributed by atoms with Gasteiger partial charge in [-0.3, -0.25) is 10.4 Å². The Balaban J connectivity index is 2.05. The summed E-state index contributed by atoms with van der Waals surface area (Å²) in [4.78, 5) is 4.24. The van der Waals surface area contributed by atoms with Crippen LogP contribution in [0.3, 0.4) is 0 Å². The highest BCUT2D eigenvalue weighted by molar-refractivity contribution is 8.11. The second-order valence-corrected chi connectivity index (χ2v) is 5.25. The van der Waals surface area contributed by atoms with Crippen LogP contribution in [0.2, 0.25) is 0 Å². The van der Waals surface area contributed by atoms with Crippen molar-refractivity contribution in [3.8, 4) is 5.75 Å². The monoisotopic (exact) mass is 297 g/mol. The number of hydrogen-bond donors (Lipinski definition) is 2. The molecule has 0 aromatic carbocycles. The van der Waals surface area contributed by atoms with Gasteiger partial charge < -0.3 is 9.47 Å². The van der Waals surface area contributed by atoms with Gasteiger partial charge in [-0.15, -0.1) is 12.6 Å². The van der Waals surface area contributed by atoms with Gasteiger partial charge >= 0.3 is 0 Å². The molecule has 0 amide bonds. The Labute approximate surface area is 122 Å². The van der Waals surface area contributed by atoms with Gasteiger partial charge in [0.25, 0.3) is 0 Å². The molecule has 1 N–H and O–H groups in total. The molecule has 1 unspecified atom stereocenters. The molecule has 19 heavy (non-hydrogen) atoms. The molecule has 1 aliphatic heterocycles. The quantitative estimate of drug-likeness (QED) is 0.384. The molecule has 0 radical (unpaired) electrons. The van der Waals surface area contributed by atoms with Gasteiger partial charge in [-0.2, -0.15) is 5.10 Å². The lowest BCUT2D eigenvalue weighted by molar-refractivity contribution is 0.141. The number of thiocarbonyl (C=S) groups is 1. The van der Waals surface area contributed by atoms with Crippen LogP contribution in [0.1, 0.15) is 19.0 Å². The molecule has 7 heteroatoms. The fourth-order valence-electron chi connectivity index (χ4n) is 1.67. The van der Waals surface area contributed by atoms with Gasteiger partial charge in [0.1, 0.15) is 11.9 Å². The van der Waals surface area contributed by atoms with E-state index in [-0.39, 0.29) is 6.10 Å². The van der Waals surface area contributed by atoms with Crippen LogP contribution in [0.25, 0.3) is 0 Å². The van der Waals surface area contributed by atoms with Crippen molar-refractivity contribution in [3.63, 3.8) is 0 Å². The lowest BCUT2D eigenvalue weighted by Gasteiger charge is -2.12. The largest absolute Gasteiger partial charge is 0.488 e. The summed E-state index contributed by atoms with van der Waals surface area (Å²) < 4.78 is 11.4. The minimum absolute atomic E-state index is 0.121. The summed E-state index contributed by atoms with van der Waals surface area (Å²) in [7, 11) is 0. The zero-order valence-electron chi connectivity index (χ0n) is 10.5. The summed E-state index contributed by atoms with van der Waals surface area (Å²) in [6.07, 6.45) is 2.73. The summed E-state index contributed by atoms with van der Waals surface area (Å²) in [6.45, 7) is 3.23. The van der Waals surface area contributed by atoms with Crippen LogP contribution in [-0.2, 0) is 4.74 Å². The zero-order valence-corrected chi connectivity index (χ0v) is 12.2. The number of hydrogen-bond acceptors (Lipinski definition) is 5. The van der Waals surface area contributed by atoms with Gasteiger partial charge in [0.15, 0.2) is 4.32 Å². The van der Waals surface area contributed by atoms with E-state index in [1.165, 1.54) is 0 Å². The Hall–Kier alpha value is -1.18. The number of nitrogens with zero attached hydrogens (tertiary/aromatic N) is 2. The molecule has 102 valence electrons. The second kappa shape index (κ2) is 6.83. The first-order valence-electron chi connectivity index (χ1n) is 5.89. The van der Waals surface area contributed by atoms with Crippen molar-refractivity contribution in [1.29, 1.82) is 0 Å². The molecule has 1 aliphatic rings. The van der Waals surface area contributed by atoms with Crippen LogP contribution in [0.5, 0.6) is 5.75 Å². The number of nitrogens with one attached hydrogen (secondary N) is 1. The number of pyridine rings is 1. The van der Waals surface area contributed by atoms with Crippen molar-refractivity contribution in [2.24, 2.45) is 5.10 Å². The first-order valence-corrected chi connectivity index (χ1v) is 6.75. The summed E-state index contributed by atoms with van der Waals surface area (Å²) >= 11 is 8.71. The van der Waals surface area contributed by atoms with E-state index < -0.39 is 0 Å². The van der Waals surface area contributed by atoms with Crippen molar-refractivity contribution in [2.45, 2.75) is 19.4 Å². The standard InChI is InChI=1S/C12H15N3O2S2/c1-8(14-15-12(18)19)11-6-9(2-4-13-11)17-10-3-5-16-7-10/h2,4,6,10H,3,5,7H2,1H3,(H2,15,18,19)/b14-8+. The summed E-state index contributed by atoms with van der Waals surface area (Å²) in [5, 5.41) is 4.07. The third-order valence-electron chi connectivity index (χ3n) is 2.61. The Bertz CT molecular complexity index is 488. The molecule has 2 rings (SSSR count). The first-order chi connectivity index (χ1) is 9.15. The average molecular weight is 297 g/mol. The number of hydrazone groups is 1.